The average Bonchev–Trinajstić information content (AvgIpc) is 2.55. The van der Waals surface area contributed by atoms with Gasteiger partial charge in [0.2, 0.25) is 5.91 Å². The van der Waals surface area contributed by atoms with Gasteiger partial charge in [-0.2, -0.15) is 0 Å². The molecule has 1 N–H and O–H groups in total. The van der Waals surface area contributed by atoms with Crippen LogP contribution in [0.25, 0.3) is 6.08 Å². The maximum absolute atomic E-state index is 11.9. The number of nitrogens with one attached hydrogen (secondary N) is 1. The van der Waals surface area contributed by atoms with Crippen molar-refractivity contribution in [1.29, 1.82) is 0 Å². The molecule has 2 rings (SSSR count). The SMILES string of the molecule is COC(=O)c1ccc(Cl)c(NC(=O)C=Cc2ccccc2)c1. The van der Waals surface area contributed by atoms with Crippen molar-refractivity contribution in [2.45, 2.75) is 0 Å². The Balaban J connectivity index is 2.11. The maximum Gasteiger partial charge on any atom is 0.337 e. The van der Waals surface area contributed by atoms with Gasteiger partial charge < -0.3 is 10.1 Å². The van der Waals surface area contributed by atoms with Gasteiger partial charge in [-0.25, -0.2) is 4.79 Å². The number of amides is 1. The van der Waals surface area contributed by atoms with Crippen LogP contribution in [-0.2, 0) is 9.53 Å². The quantitative estimate of drug-likeness (QED) is 0.690. The highest BCUT2D eigenvalue weighted by molar-refractivity contribution is 6.34. The first-order chi connectivity index (χ1) is 10.6. The van der Waals surface area contributed by atoms with E-state index in [1.807, 2.05) is 30.3 Å². The first kappa shape index (κ1) is 15.8. The summed E-state index contributed by atoms with van der Waals surface area (Å²) in [5.41, 5.74) is 1.58. The lowest BCUT2D eigenvalue weighted by Crippen LogP contribution is -2.09. The number of hydrogen-bond donors (Lipinski definition) is 1. The number of carbonyl (C=O) groups is 2. The highest BCUT2D eigenvalue weighted by Gasteiger charge is 2.10. The molecule has 0 saturated carbocycles. The van der Waals surface area contributed by atoms with E-state index in [1.54, 1.807) is 6.08 Å². The lowest BCUT2D eigenvalue weighted by atomic mass is 10.2. The predicted molar refractivity (Wildman–Crippen MR) is 86.9 cm³/mol. The standard InChI is InChI=1S/C17H14ClNO3/c1-22-17(21)13-8-9-14(18)15(11-13)19-16(20)10-7-12-5-3-2-4-6-12/h2-11H,1H3,(H,19,20). The van der Waals surface area contributed by atoms with Crippen LogP contribution < -0.4 is 5.32 Å². The van der Waals surface area contributed by atoms with Crippen LogP contribution in [0.2, 0.25) is 5.02 Å². The third-order valence-electron chi connectivity index (χ3n) is 2.87. The zero-order valence-corrected chi connectivity index (χ0v) is 12.6. The summed E-state index contributed by atoms with van der Waals surface area (Å²) >= 11 is 6.01. The van der Waals surface area contributed by atoms with Crippen LogP contribution >= 0.6 is 11.6 Å². The molecule has 0 spiro atoms. The fourth-order valence-corrected chi connectivity index (χ4v) is 1.94. The van der Waals surface area contributed by atoms with E-state index in [2.05, 4.69) is 10.1 Å². The number of esters is 1. The summed E-state index contributed by atoms with van der Waals surface area (Å²) in [4.78, 5) is 23.4. The van der Waals surface area contributed by atoms with Gasteiger partial charge >= 0.3 is 5.97 Å². The highest BCUT2D eigenvalue weighted by atomic mass is 35.5. The summed E-state index contributed by atoms with van der Waals surface area (Å²) in [5, 5.41) is 2.98. The van der Waals surface area contributed by atoms with E-state index in [0.29, 0.717) is 16.3 Å². The fourth-order valence-electron chi connectivity index (χ4n) is 1.78. The second-order valence-electron chi connectivity index (χ2n) is 4.42. The molecule has 0 aliphatic rings. The fraction of sp³-hybridized carbons (Fsp3) is 0.0588. The van der Waals surface area contributed by atoms with Crippen LogP contribution in [0.4, 0.5) is 5.69 Å². The Bertz CT molecular complexity index is 711. The summed E-state index contributed by atoms with van der Waals surface area (Å²) in [6.45, 7) is 0. The molecule has 1 amide bonds. The van der Waals surface area contributed by atoms with E-state index in [1.165, 1.54) is 31.4 Å². The smallest absolute Gasteiger partial charge is 0.337 e. The number of methoxy groups -OCH3 is 1. The molecule has 0 radical (unpaired) electrons. The molecular formula is C17H14ClNO3. The summed E-state index contributed by atoms with van der Waals surface area (Å²) in [6.07, 6.45) is 3.09. The summed E-state index contributed by atoms with van der Waals surface area (Å²) in [5.74, 6) is -0.834. The maximum atomic E-state index is 11.9. The monoisotopic (exact) mass is 315 g/mol. The minimum atomic E-state index is -0.494. The van der Waals surface area contributed by atoms with Crippen LogP contribution in [0.15, 0.2) is 54.6 Å². The normalized spacial score (nSPS) is 10.5. The molecule has 0 aliphatic heterocycles. The zero-order chi connectivity index (χ0) is 15.9. The Kier molecular flexibility index (Phi) is 5.33. The number of anilines is 1. The molecule has 0 unspecified atom stereocenters. The first-order valence-electron chi connectivity index (χ1n) is 6.52. The second-order valence-corrected chi connectivity index (χ2v) is 4.83. The van der Waals surface area contributed by atoms with Crippen molar-refractivity contribution in [2.24, 2.45) is 0 Å². The Morgan fingerprint density at radius 2 is 1.86 bits per heavy atom. The van der Waals surface area contributed by atoms with Crippen molar-refractivity contribution in [1.82, 2.24) is 0 Å². The molecule has 0 fully saturated rings. The lowest BCUT2D eigenvalue weighted by Gasteiger charge is -2.07. The van der Waals surface area contributed by atoms with Gasteiger partial charge in [-0.1, -0.05) is 41.9 Å². The van der Waals surface area contributed by atoms with E-state index < -0.39 is 5.97 Å². The summed E-state index contributed by atoms with van der Waals surface area (Å²) in [6, 6.07) is 14.0. The molecule has 0 aliphatic carbocycles. The van der Waals surface area contributed by atoms with Crippen molar-refractivity contribution in [3.63, 3.8) is 0 Å². The van der Waals surface area contributed by atoms with Crippen molar-refractivity contribution < 1.29 is 14.3 Å². The van der Waals surface area contributed by atoms with Gasteiger partial charge in [0.25, 0.3) is 0 Å². The molecule has 4 nitrogen and oxygen atoms in total. The van der Waals surface area contributed by atoms with Gasteiger partial charge in [0.1, 0.15) is 0 Å². The second kappa shape index (κ2) is 7.43. The number of benzene rings is 2. The Labute approximate surface area is 133 Å². The van der Waals surface area contributed by atoms with Gasteiger partial charge in [-0.15, -0.1) is 0 Å². The molecular weight excluding hydrogens is 302 g/mol. The molecule has 0 atom stereocenters. The average molecular weight is 316 g/mol. The number of carbonyl (C=O) groups excluding carboxylic acids is 2. The highest BCUT2D eigenvalue weighted by Crippen LogP contribution is 2.23. The largest absolute Gasteiger partial charge is 0.465 e. The molecule has 0 aromatic heterocycles. The topological polar surface area (TPSA) is 55.4 Å². The molecule has 2 aromatic rings. The number of ether oxygens (including phenoxy) is 1. The Morgan fingerprint density at radius 3 is 2.55 bits per heavy atom. The molecule has 0 saturated heterocycles. The number of rotatable bonds is 4. The van der Waals surface area contributed by atoms with E-state index in [4.69, 9.17) is 11.6 Å². The molecule has 0 bridgehead atoms. The predicted octanol–water partition coefficient (Wildman–Crippen LogP) is 3.78. The van der Waals surface area contributed by atoms with Crippen LogP contribution in [0.5, 0.6) is 0 Å². The van der Waals surface area contributed by atoms with Crippen molar-refractivity contribution in [2.75, 3.05) is 12.4 Å². The minimum absolute atomic E-state index is 0.314. The van der Waals surface area contributed by atoms with Crippen molar-refractivity contribution in [3.05, 3.63) is 70.8 Å². The lowest BCUT2D eigenvalue weighted by molar-refractivity contribution is -0.111. The first-order valence-corrected chi connectivity index (χ1v) is 6.90. The van der Waals surface area contributed by atoms with E-state index in [0.717, 1.165) is 5.56 Å². The third kappa shape index (κ3) is 4.20. The Morgan fingerprint density at radius 1 is 1.14 bits per heavy atom. The van der Waals surface area contributed by atoms with Gasteiger partial charge in [0, 0.05) is 6.08 Å². The zero-order valence-electron chi connectivity index (χ0n) is 11.9. The summed E-state index contributed by atoms with van der Waals surface area (Å²) < 4.78 is 4.63. The molecule has 5 heteroatoms. The Hall–Kier alpha value is -2.59. The van der Waals surface area contributed by atoms with Gasteiger partial charge in [0.15, 0.2) is 0 Å². The third-order valence-corrected chi connectivity index (χ3v) is 3.20. The van der Waals surface area contributed by atoms with Crippen LogP contribution in [0, 0.1) is 0 Å². The minimum Gasteiger partial charge on any atom is -0.465 e. The van der Waals surface area contributed by atoms with E-state index >= 15 is 0 Å². The molecule has 112 valence electrons. The van der Waals surface area contributed by atoms with E-state index in [-0.39, 0.29) is 5.91 Å². The number of halogens is 1. The molecule has 2 aromatic carbocycles. The van der Waals surface area contributed by atoms with Gasteiger partial charge in [0.05, 0.1) is 23.4 Å². The van der Waals surface area contributed by atoms with Gasteiger partial charge in [-0.05, 0) is 29.8 Å². The summed E-state index contributed by atoms with van der Waals surface area (Å²) in [7, 11) is 1.29. The van der Waals surface area contributed by atoms with Gasteiger partial charge in [-0.3, -0.25) is 4.79 Å². The van der Waals surface area contributed by atoms with Crippen molar-refractivity contribution in [3.8, 4) is 0 Å². The van der Waals surface area contributed by atoms with Crippen LogP contribution in [0.1, 0.15) is 15.9 Å². The molecule has 0 heterocycles. The van der Waals surface area contributed by atoms with Crippen LogP contribution in [-0.4, -0.2) is 19.0 Å². The van der Waals surface area contributed by atoms with Crippen molar-refractivity contribution >= 4 is 35.2 Å². The van der Waals surface area contributed by atoms with Crippen LogP contribution in [0.3, 0.4) is 0 Å². The molecule has 22 heavy (non-hydrogen) atoms. The van der Waals surface area contributed by atoms with E-state index in [9.17, 15) is 9.59 Å². The number of hydrogen-bond acceptors (Lipinski definition) is 3.